The van der Waals surface area contributed by atoms with Crippen LogP contribution in [0.3, 0.4) is 0 Å². The normalized spacial score (nSPS) is 25.4. The van der Waals surface area contributed by atoms with Crippen LogP contribution in [0.4, 0.5) is 0 Å². The summed E-state index contributed by atoms with van der Waals surface area (Å²) in [6.07, 6.45) is 15.3. The lowest BCUT2D eigenvalue weighted by Crippen LogP contribution is -2.13. The maximum Gasteiger partial charge on any atom is -0.0132 e. The predicted molar refractivity (Wildman–Crippen MR) is 91.8 cm³/mol. The maximum atomic E-state index is 3.93. The summed E-state index contributed by atoms with van der Waals surface area (Å²) >= 11 is 0. The maximum absolute atomic E-state index is 3.93. The Morgan fingerprint density at radius 3 is 2.10 bits per heavy atom. The van der Waals surface area contributed by atoms with E-state index in [9.17, 15) is 0 Å². The Balaban J connectivity index is 2.56. The first-order chi connectivity index (χ1) is 9.36. The van der Waals surface area contributed by atoms with Crippen molar-refractivity contribution in [3.05, 3.63) is 48.6 Å². The van der Waals surface area contributed by atoms with Gasteiger partial charge >= 0.3 is 0 Å². The number of rotatable bonds is 5. The van der Waals surface area contributed by atoms with Crippen LogP contribution in [0.5, 0.6) is 0 Å². The van der Waals surface area contributed by atoms with Crippen molar-refractivity contribution in [2.45, 2.75) is 59.8 Å². The quantitative estimate of drug-likeness (QED) is 0.397. The molecule has 0 heteroatoms. The summed E-state index contributed by atoms with van der Waals surface area (Å²) in [5.41, 5.74) is 2.99. The summed E-state index contributed by atoms with van der Waals surface area (Å²) in [6, 6.07) is 0. The van der Waals surface area contributed by atoms with Crippen molar-refractivity contribution >= 4 is 0 Å². The minimum atomic E-state index is 0.181. The van der Waals surface area contributed by atoms with Gasteiger partial charge in [0.1, 0.15) is 0 Å². The van der Waals surface area contributed by atoms with Crippen LogP contribution in [0.2, 0.25) is 0 Å². The van der Waals surface area contributed by atoms with Gasteiger partial charge in [0.2, 0.25) is 0 Å². The zero-order valence-corrected chi connectivity index (χ0v) is 13.9. The molecule has 1 aliphatic rings. The van der Waals surface area contributed by atoms with Gasteiger partial charge in [0.25, 0.3) is 0 Å². The molecule has 0 aromatic carbocycles. The van der Waals surface area contributed by atoms with E-state index in [1.54, 1.807) is 0 Å². The molecule has 0 unspecified atom stereocenters. The Hall–Kier alpha value is -1.04. The zero-order chi connectivity index (χ0) is 15.2. The monoisotopic (exact) mass is 272 g/mol. The molecule has 0 spiro atoms. The van der Waals surface area contributed by atoms with Gasteiger partial charge in [-0.2, -0.15) is 0 Å². The Morgan fingerprint density at radius 1 is 1.05 bits per heavy atom. The van der Waals surface area contributed by atoms with Gasteiger partial charge in [-0.1, -0.05) is 57.2 Å². The molecule has 0 aromatic rings. The molecule has 0 aromatic heterocycles. The minimum Gasteiger partial charge on any atom is -0.103 e. The van der Waals surface area contributed by atoms with Gasteiger partial charge in [-0.15, -0.1) is 6.58 Å². The topological polar surface area (TPSA) is 0 Å². The molecule has 112 valence electrons. The van der Waals surface area contributed by atoms with Gasteiger partial charge in [0, 0.05) is 0 Å². The predicted octanol–water partition coefficient (Wildman–Crippen LogP) is 6.47. The summed E-state index contributed by atoms with van der Waals surface area (Å²) in [6.45, 7) is 16.8. The molecule has 0 bridgehead atoms. The highest BCUT2D eigenvalue weighted by atomic mass is 14.2. The van der Waals surface area contributed by atoms with Crippen molar-refractivity contribution < 1.29 is 0 Å². The fourth-order valence-corrected chi connectivity index (χ4v) is 3.01. The van der Waals surface area contributed by atoms with Crippen molar-refractivity contribution in [2.75, 3.05) is 0 Å². The summed E-state index contributed by atoms with van der Waals surface area (Å²) in [5.74, 6) is 1.64. The van der Waals surface area contributed by atoms with Crippen LogP contribution in [0.15, 0.2) is 48.6 Å². The van der Waals surface area contributed by atoms with Gasteiger partial charge in [-0.05, 0) is 61.9 Å². The second-order valence-electron chi connectivity index (χ2n) is 7.31. The fraction of sp³-hybridized carbons (Fsp3) is 0.600. The van der Waals surface area contributed by atoms with Crippen LogP contribution in [0.25, 0.3) is 0 Å². The Labute approximate surface area is 126 Å². The van der Waals surface area contributed by atoms with Gasteiger partial charge in [0.15, 0.2) is 0 Å². The molecule has 0 heterocycles. The molecule has 0 atom stereocenters. The third-order valence-electron chi connectivity index (χ3n) is 4.47. The average Bonchev–Trinajstić information content (AvgIpc) is 2.38. The second kappa shape index (κ2) is 7.67. The smallest absolute Gasteiger partial charge is 0.0132 e. The fourth-order valence-electron chi connectivity index (χ4n) is 3.01. The van der Waals surface area contributed by atoms with Gasteiger partial charge < -0.3 is 0 Å². The Bertz CT molecular complexity index is 379. The molecule has 0 nitrogen and oxygen atoms in total. The molecule has 1 aliphatic carbocycles. The van der Waals surface area contributed by atoms with E-state index in [1.165, 1.54) is 43.3 Å². The minimum absolute atomic E-state index is 0.181. The molecular formula is C20H32. The van der Waals surface area contributed by atoms with E-state index in [1.807, 2.05) is 6.08 Å². The van der Waals surface area contributed by atoms with Crippen molar-refractivity contribution in [3.63, 3.8) is 0 Å². The van der Waals surface area contributed by atoms with E-state index in [4.69, 9.17) is 0 Å². The molecular weight excluding hydrogens is 240 g/mol. The third kappa shape index (κ3) is 5.53. The summed E-state index contributed by atoms with van der Waals surface area (Å²) in [5, 5.41) is 0. The Kier molecular flexibility index (Phi) is 6.52. The molecule has 1 saturated carbocycles. The van der Waals surface area contributed by atoms with Crippen LogP contribution in [-0.4, -0.2) is 0 Å². The molecule has 1 rings (SSSR count). The van der Waals surface area contributed by atoms with E-state index in [2.05, 4.69) is 59.1 Å². The van der Waals surface area contributed by atoms with Crippen LogP contribution < -0.4 is 0 Å². The first kappa shape index (κ1) is 17.0. The SMILES string of the molecule is C=CC(=CC=C(C)CC1CCC(C=C)CC1)C(C)(C)C. The van der Waals surface area contributed by atoms with E-state index in [0.717, 1.165) is 11.8 Å². The molecule has 0 saturated heterocycles. The second-order valence-corrected chi connectivity index (χ2v) is 7.31. The molecule has 0 amide bonds. The number of allylic oxidation sites excluding steroid dienone is 6. The van der Waals surface area contributed by atoms with Crippen LogP contribution in [-0.2, 0) is 0 Å². The lowest BCUT2D eigenvalue weighted by Gasteiger charge is -2.26. The first-order valence-corrected chi connectivity index (χ1v) is 7.99. The lowest BCUT2D eigenvalue weighted by molar-refractivity contribution is 0.309. The van der Waals surface area contributed by atoms with Crippen LogP contribution in [0.1, 0.15) is 59.8 Å². The highest BCUT2D eigenvalue weighted by molar-refractivity contribution is 5.28. The van der Waals surface area contributed by atoms with Gasteiger partial charge in [0.05, 0.1) is 0 Å². The molecule has 0 N–H and O–H groups in total. The summed E-state index contributed by atoms with van der Waals surface area (Å²) < 4.78 is 0. The van der Waals surface area contributed by atoms with Gasteiger partial charge in [-0.25, -0.2) is 0 Å². The Morgan fingerprint density at radius 2 is 1.65 bits per heavy atom. The largest absolute Gasteiger partial charge is 0.103 e. The molecule has 20 heavy (non-hydrogen) atoms. The molecule has 1 fully saturated rings. The van der Waals surface area contributed by atoms with Crippen molar-refractivity contribution in [1.29, 1.82) is 0 Å². The number of hydrogen-bond donors (Lipinski definition) is 0. The van der Waals surface area contributed by atoms with E-state index < -0.39 is 0 Å². The van der Waals surface area contributed by atoms with Crippen molar-refractivity contribution in [1.82, 2.24) is 0 Å². The standard InChI is InChI=1S/C20H32/c1-7-17-10-12-18(13-11-17)15-16(3)9-14-19(8-2)20(4,5)6/h7-9,14,17-18H,1-2,10-13,15H2,3-6H3. The van der Waals surface area contributed by atoms with E-state index in [-0.39, 0.29) is 5.41 Å². The highest BCUT2D eigenvalue weighted by Crippen LogP contribution is 2.33. The molecule has 0 aliphatic heterocycles. The third-order valence-corrected chi connectivity index (χ3v) is 4.47. The van der Waals surface area contributed by atoms with Crippen molar-refractivity contribution in [2.24, 2.45) is 17.3 Å². The number of hydrogen-bond acceptors (Lipinski definition) is 0. The van der Waals surface area contributed by atoms with Gasteiger partial charge in [-0.3, -0.25) is 0 Å². The average molecular weight is 272 g/mol. The lowest BCUT2D eigenvalue weighted by atomic mass is 9.79. The molecule has 0 radical (unpaired) electrons. The van der Waals surface area contributed by atoms with Crippen molar-refractivity contribution in [3.8, 4) is 0 Å². The summed E-state index contributed by atoms with van der Waals surface area (Å²) in [4.78, 5) is 0. The van der Waals surface area contributed by atoms with Crippen LogP contribution in [0, 0.1) is 17.3 Å². The van der Waals surface area contributed by atoms with E-state index in [0.29, 0.717) is 0 Å². The van der Waals surface area contributed by atoms with Crippen LogP contribution >= 0.6 is 0 Å². The first-order valence-electron chi connectivity index (χ1n) is 7.99. The summed E-state index contributed by atoms with van der Waals surface area (Å²) in [7, 11) is 0. The zero-order valence-electron chi connectivity index (χ0n) is 13.9. The van der Waals surface area contributed by atoms with E-state index >= 15 is 0 Å². The highest BCUT2D eigenvalue weighted by Gasteiger charge is 2.19.